The molecule has 0 atom stereocenters. The normalized spacial score (nSPS) is 8.15. The Morgan fingerprint density at radius 3 is 2.54 bits per heavy atom. The Bertz CT molecular complexity index is 117. The van der Waals surface area contributed by atoms with E-state index in [9.17, 15) is 0 Å². The van der Waals surface area contributed by atoms with Crippen LogP contribution in [0.3, 0.4) is 0 Å². The zero-order valence-electron chi connectivity index (χ0n) is 7.75. The second kappa shape index (κ2) is 14.9. The van der Waals surface area contributed by atoms with E-state index in [1.54, 1.807) is 0 Å². The van der Waals surface area contributed by atoms with Crippen molar-refractivity contribution in [2.24, 2.45) is 5.73 Å². The number of thiocarbonyl (C=S) groups is 1. The van der Waals surface area contributed by atoms with Crippen molar-refractivity contribution in [2.75, 3.05) is 26.7 Å². The molecule has 0 saturated carbocycles. The lowest BCUT2D eigenvalue weighted by molar-refractivity contribution is 0.314. The summed E-state index contributed by atoms with van der Waals surface area (Å²) in [6.45, 7) is 2.05. The van der Waals surface area contributed by atoms with Crippen LogP contribution < -0.4 is 11.1 Å². The van der Waals surface area contributed by atoms with E-state index in [2.05, 4.69) is 5.32 Å². The average Bonchev–Trinajstić information content (AvgIpc) is 2.01. The Morgan fingerprint density at radius 2 is 2.08 bits per heavy atom. The summed E-state index contributed by atoms with van der Waals surface area (Å²) in [5, 5.41) is 3.71. The molecule has 0 rings (SSSR count). The standard InChI is InChI=1S/C7H16N2OS.2ClH/c1-9-5-2-3-7(11)10-6-4-8;;/h9H,2-6,8H2,1H3;2*1H. The van der Waals surface area contributed by atoms with Gasteiger partial charge in [-0.05, 0) is 32.2 Å². The van der Waals surface area contributed by atoms with E-state index in [-0.39, 0.29) is 24.8 Å². The highest BCUT2D eigenvalue weighted by Crippen LogP contribution is 1.93. The topological polar surface area (TPSA) is 47.3 Å². The Kier molecular flexibility index (Phi) is 21.8. The molecule has 82 valence electrons. The maximum atomic E-state index is 5.23. The van der Waals surface area contributed by atoms with Crippen LogP contribution >= 0.6 is 37.0 Å². The molecule has 0 radical (unpaired) electrons. The summed E-state index contributed by atoms with van der Waals surface area (Å²) in [6, 6.07) is 0. The van der Waals surface area contributed by atoms with Crippen LogP contribution in [0.2, 0.25) is 0 Å². The van der Waals surface area contributed by atoms with E-state index < -0.39 is 0 Å². The fourth-order valence-electron chi connectivity index (χ4n) is 0.654. The number of hydrogen-bond acceptors (Lipinski definition) is 4. The fourth-order valence-corrected chi connectivity index (χ4v) is 0.882. The largest absolute Gasteiger partial charge is 0.486 e. The molecule has 0 aromatic carbocycles. The van der Waals surface area contributed by atoms with E-state index in [4.69, 9.17) is 22.7 Å². The van der Waals surface area contributed by atoms with Crippen molar-refractivity contribution in [1.29, 1.82) is 0 Å². The van der Waals surface area contributed by atoms with Crippen LogP contribution in [-0.2, 0) is 4.74 Å². The summed E-state index contributed by atoms with van der Waals surface area (Å²) < 4.78 is 5.12. The van der Waals surface area contributed by atoms with Gasteiger partial charge in [-0.1, -0.05) is 0 Å². The molecule has 13 heavy (non-hydrogen) atoms. The summed E-state index contributed by atoms with van der Waals surface area (Å²) in [5.41, 5.74) is 5.23. The summed E-state index contributed by atoms with van der Waals surface area (Å²) in [7, 11) is 1.92. The van der Waals surface area contributed by atoms with Gasteiger partial charge in [0.25, 0.3) is 0 Å². The molecule has 3 N–H and O–H groups in total. The summed E-state index contributed by atoms with van der Waals surface area (Å²) in [6.07, 6.45) is 1.87. The zero-order chi connectivity index (χ0) is 8.53. The lowest BCUT2D eigenvalue weighted by Gasteiger charge is -2.04. The Balaban J connectivity index is -0.000000500. The van der Waals surface area contributed by atoms with E-state index >= 15 is 0 Å². The van der Waals surface area contributed by atoms with E-state index in [0.29, 0.717) is 18.2 Å². The Hall–Kier alpha value is 0.390. The van der Waals surface area contributed by atoms with Gasteiger partial charge in [-0.2, -0.15) is 0 Å². The Morgan fingerprint density at radius 1 is 1.46 bits per heavy atom. The number of ether oxygens (including phenoxy) is 1. The molecule has 0 aliphatic carbocycles. The zero-order valence-corrected chi connectivity index (χ0v) is 10.2. The van der Waals surface area contributed by atoms with Crippen LogP contribution in [0.5, 0.6) is 0 Å². The van der Waals surface area contributed by atoms with Gasteiger partial charge in [-0.25, -0.2) is 0 Å². The van der Waals surface area contributed by atoms with Crippen molar-refractivity contribution in [3.8, 4) is 0 Å². The van der Waals surface area contributed by atoms with Crippen molar-refractivity contribution in [2.45, 2.75) is 12.8 Å². The van der Waals surface area contributed by atoms with Crippen molar-refractivity contribution in [3.63, 3.8) is 0 Å². The molecule has 0 saturated heterocycles. The molecule has 6 heteroatoms. The summed E-state index contributed by atoms with van der Waals surface area (Å²) >= 11 is 4.93. The van der Waals surface area contributed by atoms with Crippen molar-refractivity contribution < 1.29 is 4.74 Å². The van der Waals surface area contributed by atoms with Crippen LogP contribution in [0.15, 0.2) is 0 Å². The third kappa shape index (κ3) is 15.2. The first kappa shape index (κ1) is 19.0. The second-order valence-corrected chi connectivity index (χ2v) is 2.67. The third-order valence-corrected chi connectivity index (χ3v) is 1.51. The predicted molar refractivity (Wildman–Crippen MR) is 65.3 cm³/mol. The first-order chi connectivity index (χ1) is 5.31. The van der Waals surface area contributed by atoms with Crippen molar-refractivity contribution >= 4 is 42.1 Å². The van der Waals surface area contributed by atoms with Gasteiger partial charge in [-0.15, -0.1) is 24.8 Å². The molecule has 0 unspecified atom stereocenters. The molecule has 0 spiro atoms. The lowest BCUT2D eigenvalue weighted by atomic mass is 10.3. The van der Waals surface area contributed by atoms with Gasteiger partial charge >= 0.3 is 0 Å². The van der Waals surface area contributed by atoms with Gasteiger partial charge < -0.3 is 15.8 Å². The van der Waals surface area contributed by atoms with Crippen molar-refractivity contribution in [1.82, 2.24) is 5.32 Å². The number of nitrogens with one attached hydrogen (secondary N) is 1. The number of rotatable bonds is 6. The fraction of sp³-hybridized carbons (Fsp3) is 0.857. The molecule has 0 aliphatic rings. The maximum Gasteiger partial charge on any atom is 0.159 e. The molecule has 0 amide bonds. The summed E-state index contributed by atoms with van der Waals surface area (Å²) in [5.74, 6) is 0. The predicted octanol–water partition coefficient (Wildman–Crippen LogP) is 1.13. The van der Waals surface area contributed by atoms with Gasteiger partial charge in [0.2, 0.25) is 0 Å². The minimum atomic E-state index is 0. The van der Waals surface area contributed by atoms with E-state index in [0.717, 1.165) is 19.4 Å². The smallest absolute Gasteiger partial charge is 0.159 e. The average molecular weight is 249 g/mol. The lowest BCUT2D eigenvalue weighted by Crippen LogP contribution is -2.14. The van der Waals surface area contributed by atoms with Gasteiger partial charge in [0.1, 0.15) is 6.61 Å². The minimum Gasteiger partial charge on any atom is -0.486 e. The molecule has 3 nitrogen and oxygen atoms in total. The number of hydrogen-bond donors (Lipinski definition) is 2. The summed E-state index contributed by atoms with van der Waals surface area (Å²) in [4.78, 5) is 0. The molecule has 0 fully saturated rings. The van der Waals surface area contributed by atoms with Gasteiger partial charge in [-0.3, -0.25) is 0 Å². The van der Waals surface area contributed by atoms with Crippen LogP contribution in [0.4, 0.5) is 0 Å². The van der Waals surface area contributed by atoms with E-state index in [1.807, 2.05) is 7.05 Å². The quantitative estimate of drug-likeness (QED) is 0.547. The highest BCUT2D eigenvalue weighted by molar-refractivity contribution is 7.80. The minimum absolute atomic E-state index is 0. The SMILES string of the molecule is CNCCCC(=S)OCCN.Cl.Cl. The van der Waals surface area contributed by atoms with Crippen molar-refractivity contribution in [3.05, 3.63) is 0 Å². The molecule has 0 aromatic heterocycles. The number of halogens is 2. The first-order valence-electron chi connectivity index (χ1n) is 3.81. The highest BCUT2D eigenvalue weighted by atomic mass is 35.5. The van der Waals surface area contributed by atoms with Crippen LogP contribution in [-0.4, -0.2) is 31.8 Å². The molecule has 0 aromatic rings. The van der Waals surface area contributed by atoms with E-state index in [1.165, 1.54) is 0 Å². The maximum absolute atomic E-state index is 5.23. The van der Waals surface area contributed by atoms with Crippen LogP contribution in [0.1, 0.15) is 12.8 Å². The molecule has 0 bridgehead atoms. The van der Waals surface area contributed by atoms with Gasteiger partial charge in [0, 0.05) is 13.0 Å². The van der Waals surface area contributed by atoms with Gasteiger partial charge in [0.05, 0.1) is 0 Å². The third-order valence-electron chi connectivity index (χ3n) is 1.19. The molecular weight excluding hydrogens is 231 g/mol. The Labute approximate surface area is 97.6 Å². The molecule has 0 heterocycles. The monoisotopic (exact) mass is 248 g/mol. The molecular formula is C7H18Cl2N2OS. The molecule has 0 aliphatic heterocycles. The van der Waals surface area contributed by atoms with Crippen LogP contribution in [0.25, 0.3) is 0 Å². The first-order valence-corrected chi connectivity index (χ1v) is 4.22. The van der Waals surface area contributed by atoms with Crippen LogP contribution in [0, 0.1) is 0 Å². The highest BCUT2D eigenvalue weighted by Gasteiger charge is 1.95. The number of nitrogens with two attached hydrogens (primary N) is 1. The van der Waals surface area contributed by atoms with Gasteiger partial charge in [0.15, 0.2) is 5.05 Å². The second-order valence-electron chi connectivity index (χ2n) is 2.22.